The molecule has 2 N–H and O–H groups in total. The highest BCUT2D eigenvalue weighted by Gasteiger charge is 2.75. The van der Waals surface area contributed by atoms with Crippen molar-refractivity contribution in [3.8, 4) is 0 Å². The van der Waals surface area contributed by atoms with Crippen molar-refractivity contribution < 1.29 is 38.5 Å². The molecule has 6 rings (SSSR count). The van der Waals surface area contributed by atoms with Crippen molar-refractivity contribution in [1.29, 1.82) is 0 Å². The fourth-order valence-electron chi connectivity index (χ4n) is 8.26. The summed E-state index contributed by atoms with van der Waals surface area (Å²) in [6.45, 7) is 7.43. The number of fused-ring (bicyclic) bond motifs is 2. The Morgan fingerprint density at radius 3 is 2.35 bits per heavy atom. The second-order valence-electron chi connectivity index (χ2n) is 14.2. The minimum atomic E-state index is -1.53. The topological polar surface area (TPSA) is 135 Å². The highest BCUT2D eigenvalue weighted by atomic mass is 79.9. The van der Waals surface area contributed by atoms with Gasteiger partial charge in [-0.2, -0.15) is 0 Å². The van der Waals surface area contributed by atoms with E-state index >= 15 is 4.79 Å². The molecule has 8 atom stereocenters. The largest absolute Gasteiger partial charge is 0.455 e. The van der Waals surface area contributed by atoms with Crippen molar-refractivity contribution in [3.63, 3.8) is 0 Å². The van der Waals surface area contributed by atoms with Crippen LogP contribution in [0.2, 0.25) is 0 Å². The number of amides is 3. The van der Waals surface area contributed by atoms with Gasteiger partial charge in [-0.3, -0.25) is 19.2 Å². The Hall–Kier alpha value is -3.84. The van der Waals surface area contributed by atoms with E-state index in [1.807, 2.05) is 76.2 Å². The number of carbonyl (C=O) groups excluding carboxylic acids is 4. The molecule has 2 fully saturated rings. The number of rotatable bonds is 7. The number of hydrogen-bond donors (Lipinski definition) is 2. The summed E-state index contributed by atoms with van der Waals surface area (Å²) >= 11 is 3.62. The van der Waals surface area contributed by atoms with Crippen LogP contribution < -0.4 is 10.2 Å². The van der Waals surface area contributed by atoms with Crippen LogP contribution in [0.1, 0.15) is 49.5 Å². The van der Waals surface area contributed by atoms with E-state index in [1.54, 1.807) is 23.1 Å². The lowest BCUT2D eigenvalue weighted by Crippen LogP contribution is -2.59. The van der Waals surface area contributed by atoms with Crippen LogP contribution in [0.5, 0.6) is 0 Å². The molecule has 5 bridgehead atoms. The third-order valence-electron chi connectivity index (χ3n) is 10.6. The number of nitrogens with one attached hydrogen (secondary N) is 1. The maximum Gasteiger partial charge on any atom is 0.313 e. The lowest BCUT2D eigenvalue weighted by atomic mass is 9.74. The molecule has 0 radical (unpaired) electrons. The van der Waals surface area contributed by atoms with Gasteiger partial charge in [0.2, 0.25) is 11.8 Å². The average molecular weight is 765 g/mol. The molecular weight excluding hydrogens is 718 g/mol. The molecule has 11 nitrogen and oxygen atoms in total. The highest BCUT2D eigenvalue weighted by Crippen LogP contribution is 2.59. The number of ether oxygens (including phenoxy) is 3. The van der Waals surface area contributed by atoms with E-state index in [9.17, 15) is 19.5 Å². The van der Waals surface area contributed by atoms with Crippen molar-refractivity contribution in [2.45, 2.75) is 76.5 Å². The van der Waals surface area contributed by atoms with E-state index in [4.69, 9.17) is 14.2 Å². The molecule has 1 spiro atoms. The van der Waals surface area contributed by atoms with E-state index in [0.29, 0.717) is 22.2 Å². The van der Waals surface area contributed by atoms with Gasteiger partial charge in [-0.05, 0) is 49.0 Å². The molecule has 0 aliphatic carbocycles. The summed E-state index contributed by atoms with van der Waals surface area (Å²) in [7, 11) is 1.51. The number of anilines is 1. The zero-order valence-corrected chi connectivity index (χ0v) is 31.2. The highest BCUT2D eigenvalue weighted by molar-refractivity contribution is 9.11. The van der Waals surface area contributed by atoms with Crippen molar-refractivity contribution in [1.82, 2.24) is 10.2 Å². The van der Waals surface area contributed by atoms with Gasteiger partial charge < -0.3 is 34.4 Å². The lowest BCUT2D eigenvalue weighted by molar-refractivity contribution is -0.162. The molecule has 0 unspecified atom stereocenters. The first kappa shape index (κ1) is 36.9. The molecule has 4 aliphatic rings. The molecule has 2 aromatic carbocycles. The number of aryl methyl sites for hydroxylation is 2. The monoisotopic (exact) mass is 763 g/mol. The SMILES string of the molecule is COC[C@H]1NC(=O)CC/C=C\CN(c2c(C)cccc2C)C(=O)[C@@H]2N([C@@H](CO)C(C)C)C(=O)[C@H]3[C@H](C(=O)O[C@@H]1c1ccccc1)[C@H]1O[C@@]23C=C1Br. The summed E-state index contributed by atoms with van der Waals surface area (Å²) in [4.78, 5) is 61.2. The molecule has 0 saturated carbocycles. The number of benzene rings is 2. The number of para-hydroxylation sites is 1. The molecule has 2 aromatic rings. The van der Waals surface area contributed by atoms with Gasteiger partial charge >= 0.3 is 5.97 Å². The summed E-state index contributed by atoms with van der Waals surface area (Å²) in [6.07, 6.45) is 4.16. The molecule has 4 aliphatic heterocycles. The third-order valence-corrected chi connectivity index (χ3v) is 11.3. The number of carbonyl (C=O) groups is 4. The minimum absolute atomic E-state index is 0.0522. The first-order valence-corrected chi connectivity index (χ1v) is 18.3. The van der Waals surface area contributed by atoms with Crippen LogP contribution in [0.15, 0.2) is 71.2 Å². The number of halogens is 1. The maximum atomic E-state index is 15.3. The van der Waals surface area contributed by atoms with Crippen LogP contribution >= 0.6 is 15.9 Å². The lowest BCUT2D eigenvalue weighted by Gasteiger charge is -2.40. The van der Waals surface area contributed by atoms with Gasteiger partial charge in [-0.25, -0.2) is 0 Å². The van der Waals surface area contributed by atoms with Gasteiger partial charge in [0.05, 0.1) is 31.2 Å². The van der Waals surface area contributed by atoms with Crippen LogP contribution in [0, 0.1) is 31.6 Å². The zero-order valence-electron chi connectivity index (χ0n) is 29.6. The van der Waals surface area contributed by atoms with Gasteiger partial charge in [-0.1, -0.05) is 90.5 Å². The van der Waals surface area contributed by atoms with Crippen LogP contribution in [0.3, 0.4) is 0 Å². The molecule has 3 amide bonds. The minimum Gasteiger partial charge on any atom is -0.455 e. The number of aliphatic hydroxyl groups excluding tert-OH is 1. The molecule has 51 heavy (non-hydrogen) atoms. The Morgan fingerprint density at radius 2 is 1.71 bits per heavy atom. The van der Waals surface area contributed by atoms with E-state index in [0.717, 1.165) is 11.1 Å². The van der Waals surface area contributed by atoms with Crippen LogP contribution in [-0.4, -0.2) is 90.4 Å². The number of likely N-dealkylation sites (tertiary alicyclic amines) is 1. The summed E-state index contributed by atoms with van der Waals surface area (Å²) in [6, 6.07) is 12.2. The number of hydrogen-bond acceptors (Lipinski definition) is 8. The van der Waals surface area contributed by atoms with E-state index < -0.39 is 72.2 Å². The predicted molar refractivity (Wildman–Crippen MR) is 194 cm³/mol. The number of methoxy groups -OCH3 is 1. The first-order chi connectivity index (χ1) is 24.4. The normalized spacial score (nSPS) is 31.0. The Bertz CT molecular complexity index is 1710. The quantitative estimate of drug-likeness (QED) is 0.315. The number of cyclic esters (lactones) is 1. The third kappa shape index (κ3) is 6.56. The van der Waals surface area contributed by atoms with Crippen molar-refractivity contribution >= 4 is 45.3 Å². The summed E-state index contributed by atoms with van der Waals surface area (Å²) < 4.78 is 19.1. The number of aliphatic hydroxyl groups is 1. The van der Waals surface area contributed by atoms with Crippen molar-refractivity contribution in [2.75, 3.05) is 31.8 Å². The van der Waals surface area contributed by atoms with E-state index in [-0.39, 0.29) is 31.4 Å². The molecule has 0 aromatic heterocycles. The number of allylic oxidation sites excluding steroid dienone is 1. The second kappa shape index (κ2) is 15.0. The molecular formula is C39H46BrN3O8. The average Bonchev–Trinajstić information content (AvgIpc) is 3.69. The molecule has 2 saturated heterocycles. The zero-order chi connectivity index (χ0) is 36.6. The standard InChI is InChI=1S/C39H46BrN3O8/c1-22(2)28(20-44)43-35-37(47)42(32-23(3)13-12-14-24(32)4)18-11-7-10-17-29(45)41-27(21-49-5)33(25-15-8-6-9-16-25)50-38(48)30-31(36(43)46)39(35)19-26(40)34(30)51-39/h6-9,11-16,19,22,27-28,30-31,33-35,44H,10,17-18,20-21H2,1-5H3,(H,41,45)/b11-7-/t27-,28+,30+,31-,33-,34+,35+,39-/m1/s1. The van der Waals surface area contributed by atoms with Crippen LogP contribution in [0.25, 0.3) is 0 Å². The van der Waals surface area contributed by atoms with E-state index in [2.05, 4.69) is 21.2 Å². The number of nitrogens with zero attached hydrogens (tertiary/aromatic N) is 2. The van der Waals surface area contributed by atoms with Crippen LogP contribution in [-0.2, 0) is 33.4 Å². The van der Waals surface area contributed by atoms with Gasteiger partial charge in [-0.15, -0.1) is 0 Å². The van der Waals surface area contributed by atoms with Crippen LogP contribution in [0.4, 0.5) is 5.69 Å². The Balaban J connectivity index is 1.53. The Labute approximate surface area is 307 Å². The van der Waals surface area contributed by atoms with Crippen molar-refractivity contribution in [2.24, 2.45) is 17.8 Å². The van der Waals surface area contributed by atoms with Gasteiger partial charge in [0.25, 0.3) is 5.91 Å². The number of esters is 1. The van der Waals surface area contributed by atoms with Gasteiger partial charge in [0, 0.05) is 30.2 Å². The molecule has 272 valence electrons. The first-order valence-electron chi connectivity index (χ1n) is 17.5. The summed E-state index contributed by atoms with van der Waals surface area (Å²) in [5.41, 5.74) is 1.52. The van der Waals surface area contributed by atoms with Gasteiger partial charge in [0.1, 0.15) is 29.8 Å². The summed E-state index contributed by atoms with van der Waals surface area (Å²) in [5.74, 6) is -4.29. The molecule has 4 heterocycles. The van der Waals surface area contributed by atoms with E-state index in [1.165, 1.54) is 12.0 Å². The predicted octanol–water partition coefficient (Wildman–Crippen LogP) is 4.29. The summed E-state index contributed by atoms with van der Waals surface area (Å²) in [5, 5.41) is 13.7. The molecule has 12 heteroatoms. The maximum absolute atomic E-state index is 15.3. The Kier molecular flexibility index (Phi) is 10.9. The van der Waals surface area contributed by atoms with Gasteiger partial charge in [0.15, 0.2) is 0 Å². The second-order valence-corrected chi connectivity index (χ2v) is 15.1. The smallest absolute Gasteiger partial charge is 0.313 e. The fraction of sp³-hybridized carbons (Fsp3) is 0.487. The Morgan fingerprint density at radius 1 is 1.00 bits per heavy atom. The fourth-order valence-corrected chi connectivity index (χ4v) is 8.99. The van der Waals surface area contributed by atoms with Crippen molar-refractivity contribution in [3.05, 3.63) is 87.9 Å².